The van der Waals surface area contributed by atoms with Crippen LogP contribution in [0.5, 0.6) is 11.5 Å². The second-order valence-corrected chi connectivity index (χ2v) is 4.93. The minimum atomic E-state index is 0.547. The molecule has 0 atom stereocenters. The van der Waals surface area contributed by atoms with Crippen LogP contribution in [0.1, 0.15) is 17.5 Å². The fourth-order valence-electron chi connectivity index (χ4n) is 2.16. The molecule has 2 aromatic rings. The van der Waals surface area contributed by atoms with Gasteiger partial charge < -0.3 is 9.47 Å². The molecule has 1 aliphatic heterocycles. The molecule has 0 radical (unpaired) electrons. The zero-order valence-corrected chi connectivity index (χ0v) is 11.9. The van der Waals surface area contributed by atoms with E-state index in [1.165, 1.54) is 0 Å². The average molecular weight is 285 g/mol. The fraction of sp³-hybridized carbons (Fsp3) is 0.294. The Bertz CT molecular complexity index is 572. The Morgan fingerprint density at radius 3 is 2.57 bits per heavy atom. The van der Waals surface area contributed by atoms with Gasteiger partial charge in [0.05, 0.1) is 19.8 Å². The molecular weight excluding hydrogens is 266 g/mol. The lowest BCUT2D eigenvalue weighted by atomic mass is 10.2. The van der Waals surface area contributed by atoms with Crippen LogP contribution in [-0.4, -0.2) is 13.2 Å². The van der Waals surface area contributed by atoms with Crippen molar-refractivity contribution in [1.82, 2.24) is 5.48 Å². The van der Waals surface area contributed by atoms with Gasteiger partial charge in [0.2, 0.25) is 0 Å². The van der Waals surface area contributed by atoms with Gasteiger partial charge in [-0.1, -0.05) is 36.4 Å². The molecule has 0 spiro atoms. The number of fused-ring (bicyclic) bond motifs is 1. The van der Waals surface area contributed by atoms with Crippen LogP contribution in [-0.2, 0) is 18.0 Å². The Labute approximate surface area is 124 Å². The highest BCUT2D eigenvalue weighted by Gasteiger charge is 2.10. The Balaban J connectivity index is 1.50. The average Bonchev–Trinajstić information content (AvgIpc) is 2.77. The van der Waals surface area contributed by atoms with Crippen molar-refractivity contribution >= 4 is 0 Å². The number of nitrogens with one attached hydrogen (secondary N) is 1. The van der Waals surface area contributed by atoms with Gasteiger partial charge >= 0.3 is 0 Å². The van der Waals surface area contributed by atoms with Gasteiger partial charge in [0, 0.05) is 13.0 Å². The highest BCUT2D eigenvalue weighted by molar-refractivity contribution is 5.43. The molecule has 110 valence electrons. The minimum Gasteiger partial charge on any atom is -0.490 e. The van der Waals surface area contributed by atoms with Crippen LogP contribution < -0.4 is 15.0 Å². The summed E-state index contributed by atoms with van der Waals surface area (Å²) in [7, 11) is 0. The van der Waals surface area contributed by atoms with Crippen LogP contribution in [0.2, 0.25) is 0 Å². The molecule has 0 fully saturated rings. The Kier molecular flexibility index (Phi) is 4.71. The summed E-state index contributed by atoms with van der Waals surface area (Å²) in [6, 6.07) is 16.0. The molecule has 0 saturated carbocycles. The van der Waals surface area contributed by atoms with E-state index in [1.807, 2.05) is 48.5 Å². The van der Waals surface area contributed by atoms with Crippen LogP contribution in [0.4, 0.5) is 0 Å². The Hall–Kier alpha value is -2.04. The van der Waals surface area contributed by atoms with Crippen LogP contribution in [0.15, 0.2) is 48.5 Å². The third kappa shape index (κ3) is 3.97. The molecule has 3 rings (SSSR count). The monoisotopic (exact) mass is 285 g/mol. The maximum Gasteiger partial charge on any atom is 0.161 e. The Morgan fingerprint density at radius 2 is 1.71 bits per heavy atom. The number of ether oxygens (including phenoxy) is 2. The number of hydrogen-bond acceptors (Lipinski definition) is 4. The van der Waals surface area contributed by atoms with Gasteiger partial charge in [-0.05, 0) is 23.3 Å². The first-order chi connectivity index (χ1) is 10.4. The first-order valence-corrected chi connectivity index (χ1v) is 7.19. The molecule has 21 heavy (non-hydrogen) atoms. The van der Waals surface area contributed by atoms with Gasteiger partial charge in [-0.25, -0.2) is 0 Å². The summed E-state index contributed by atoms with van der Waals surface area (Å²) in [5.74, 6) is 1.64. The number of hydrogen-bond donors (Lipinski definition) is 1. The van der Waals surface area contributed by atoms with E-state index in [0.29, 0.717) is 26.4 Å². The summed E-state index contributed by atoms with van der Waals surface area (Å²) in [5, 5.41) is 0. The fourth-order valence-corrected chi connectivity index (χ4v) is 2.16. The van der Waals surface area contributed by atoms with E-state index in [0.717, 1.165) is 29.0 Å². The molecule has 1 aliphatic rings. The molecule has 0 saturated heterocycles. The molecule has 4 nitrogen and oxygen atoms in total. The van der Waals surface area contributed by atoms with Crippen molar-refractivity contribution in [3.05, 3.63) is 59.7 Å². The summed E-state index contributed by atoms with van der Waals surface area (Å²) < 4.78 is 11.3. The highest BCUT2D eigenvalue weighted by atomic mass is 16.6. The molecule has 2 aromatic carbocycles. The predicted octanol–water partition coefficient (Wildman–Crippen LogP) is 3.07. The van der Waals surface area contributed by atoms with Gasteiger partial charge in [-0.15, -0.1) is 0 Å². The first kappa shape index (κ1) is 13.9. The van der Waals surface area contributed by atoms with Gasteiger partial charge in [0.15, 0.2) is 11.5 Å². The lowest BCUT2D eigenvalue weighted by molar-refractivity contribution is 0.0235. The van der Waals surface area contributed by atoms with Gasteiger partial charge in [0.25, 0.3) is 0 Å². The molecule has 4 heteroatoms. The van der Waals surface area contributed by atoms with Gasteiger partial charge in [-0.3, -0.25) is 4.84 Å². The first-order valence-electron chi connectivity index (χ1n) is 7.19. The van der Waals surface area contributed by atoms with Gasteiger partial charge in [-0.2, -0.15) is 5.48 Å². The van der Waals surface area contributed by atoms with E-state index < -0.39 is 0 Å². The largest absolute Gasteiger partial charge is 0.490 e. The second-order valence-electron chi connectivity index (χ2n) is 4.93. The SMILES string of the molecule is c1ccc(CONCc2ccc3c(c2)OCCCO3)cc1. The normalized spacial score (nSPS) is 13.7. The van der Waals surface area contributed by atoms with E-state index in [1.54, 1.807) is 0 Å². The van der Waals surface area contributed by atoms with E-state index in [9.17, 15) is 0 Å². The summed E-state index contributed by atoms with van der Waals surface area (Å²) in [4.78, 5) is 5.47. The quantitative estimate of drug-likeness (QED) is 0.677. The molecule has 0 aliphatic carbocycles. The zero-order chi connectivity index (χ0) is 14.3. The minimum absolute atomic E-state index is 0.547. The molecule has 0 amide bonds. The third-order valence-corrected chi connectivity index (χ3v) is 3.27. The lowest BCUT2D eigenvalue weighted by Gasteiger charge is -2.10. The van der Waals surface area contributed by atoms with Crippen molar-refractivity contribution in [3.8, 4) is 11.5 Å². The third-order valence-electron chi connectivity index (χ3n) is 3.27. The second kappa shape index (κ2) is 7.11. The Morgan fingerprint density at radius 1 is 0.905 bits per heavy atom. The summed E-state index contributed by atoms with van der Waals surface area (Å²) in [6.07, 6.45) is 0.919. The van der Waals surface area contributed by atoms with Crippen molar-refractivity contribution in [2.45, 2.75) is 19.6 Å². The predicted molar refractivity (Wildman–Crippen MR) is 80.1 cm³/mol. The molecule has 1 N–H and O–H groups in total. The summed E-state index contributed by atoms with van der Waals surface area (Å²) in [6.45, 7) is 2.59. The maximum absolute atomic E-state index is 5.67. The van der Waals surface area contributed by atoms with E-state index in [-0.39, 0.29) is 0 Å². The molecule has 1 heterocycles. The topological polar surface area (TPSA) is 39.7 Å². The molecule has 0 bridgehead atoms. The van der Waals surface area contributed by atoms with Gasteiger partial charge in [0.1, 0.15) is 0 Å². The van der Waals surface area contributed by atoms with Crippen LogP contribution >= 0.6 is 0 Å². The zero-order valence-electron chi connectivity index (χ0n) is 11.9. The molecule has 0 unspecified atom stereocenters. The van der Waals surface area contributed by atoms with E-state index in [2.05, 4.69) is 5.48 Å². The van der Waals surface area contributed by atoms with E-state index in [4.69, 9.17) is 14.3 Å². The lowest BCUT2D eigenvalue weighted by Crippen LogP contribution is -2.13. The standard InChI is InChI=1S/C17H19NO3/c1-2-5-14(6-3-1)13-21-18-12-15-7-8-16-17(11-15)20-10-4-9-19-16/h1-3,5-8,11,18H,4,9-10,12-13H2. The summed E-state index contributed by atoms with van der Waals surface area (Å²) >= 11 is 0. The highest BCUT2D eigenvalue weighted by Crippen LogP contribution is 2.30. The van der Waals surface area contributed by atoms with Crippen molar-refractivity contribution < 1.29 is 14.3 Å². The van der Waals surface area contributed by atoms with E-state index >= 15 is 0 Å². The molecule has 0 aromatic heterocycles. The smallest absolute Gasteiger partial charge is 0.161 e. The number of rotatable bonds is 5. The van der Waals surface area contributed by atoms with Crippen molar-refractivity contribution in [3.63, 3.8) is 0 Å². The van der Waals surface area contributed by atoms with Crippen LogP contribution in [0.3, 0.4) is 0 Å². The van der Waals surface area contributed by atoms with Crippen molar-refractivity contribution in [2.24, 2.45) is 0 Å². The number of hydroxylamine groups is 1. The molecular formula is C17H19NO3. The van der Waals surface area contributed by atoms with Crippen molar-refractivity contribution in [2.75, 3.05) is 13.2 Å². The summed E-state index contributed by atoms with van der Waals surface area (Å²) in [5.41, 5.74) is 5.22. The maximum atomic E-state index is 5.67. The van der Waals surface area contributed by atoms with Crippen LogP contribution in [0, 0.1) is 0 Å². The van der Waals surface area contributed by atoms with Crippen LogP contribution in [0.25, 0.3) is 0 Å². The number of benzene rings is 2. The van der Waals surface area contributed by atoms with Crippen molar-refractivity contribution in [1.29, 1.82) is 0 Å².